The number of nitrogens with one attached hydrogen (secondary N) is 1. The molecule has 0 spiro atoms. The van der Waals surface area contributed by atoms with Crippen molar-refractivity contribution in [1.82, 2.24) is 4.98 Å². The molecule has 1 heterocycles. The third-order valence-electron chi connectivity index (χ3n) is 1.34. The summed E-state index contributed by atoms with van der Waals surface area (Å²) in [5, 5.41) is -0.0788. The van der Waals surface area contributed by atoms with Gasteiger partial charge in [0.15, 0.2) is 0 Å². The predicted octanol–water partition coefficient (Wildman–Crippen LogP) is 1.55. The number of nitrogens with two attached hydrogens (primary N) is 1. The van der Waals surface area contributed by atoms with Crippen molar-refractivity contribution >= 4 is 17.3 Å². The molecular weight excluding hydrogens is 190 g/mol. The van der Waals surface area contributed by atoms with Crippen molar-refractivity contribution in [2.24, 2.45) is 0 Å². The summed E-state index contributed by atoms with van der Waals surface area (Å²) in [7, 11) is 0. The Morgan fingerprint density at radius 3 is 2.58 bits per heavy atom. The lowest BCUT2D eigenvalue weighted by Crippen LogP contribution is -2.15. The van der Waals surface area contributed by atoms with E-state index in [1.165, 1.54) is 0 Å². The molecule has 0 fully saturated rings. The van der Waals surface area contributed by atoms with Crippen molar-refractivity contribution in [3.8, 4) is 0 Å². The first-order chi connectivity index (χ1) is 5.54. The molecule has 0 atom stereocenters. The van der Waals surface area contributed by atoms with E-state index in [4.69, 9.17) is 17.3 Å². The van der Waals surface area contributed by atoms with E-state index in [1.54, 1.807) is 0 Å². The van der Waals surface area contributed by atoms with Gasteiger partial charge in [-0.15, -0.1) is 0 Å². The Kier molecular flexibility index (Phi) is 2.32. The number of alkyl halides is 2. The van der Waals surface area contributed by atoms with Crippen LogP contribution in [0.2, 0.25) is 5.02 Å². The van der Waals surface area contributed by atoms with Gasteiger partial charge in [0.1, 0.15) is 5.56 Å². The molecule has 0 amide bonds. The van der Waals surface area contributed by atoms with Crippen molar-refractivity contribution in [3.05, 3.63) is 27.1 Å². The lowest BCUT2D eigenvalue weighted by molar-refractivity contribution is 0.150. The van der Waals surface area contributed by atoms with Gasteiger partial charge >= 0.3 is 0 Å². The summed E-state index contributed by atoms with van der Waals surface area (Å²) in [5.74, 6) is 0. The van der Waals surface area contributed by atoms with E-state index >= 15 is 0 Å². The van der Waals surface area contributed by atoms with Gasteiger partial charge in [0, 0.05) is 6.20 Å². The summed E-state index contributed by atoms with van der Waals surface area (Å²) >= 11 is 5.40. The van der Waals surface area contributed by atoms with Gasteiger partial charge in [0.25, 0.3) is 12.0 Å². The van der Waals surface area contributed by atoms with Crippen LogP contribution >= 0.6 is 11.6 Å². The number of halogens is 3. The van der Waals surface area contributed by atoms with Gasteiger partial charge < -0.3 is 10.7 Å². The van der Waals surface area contributed by atoms with Crippen molar-refractivity contribution in [1.29, 1.82) is 0 Å². The zero-order valence-electron chi connectivity index (χ0n) is 5.77. The molecule has 0 radical (unpaired) electrons. The van der Waals surface area contributed by atoms with E-state index in [0.717, 1.165) is 6.20 Å². The molecule has 12 heavy (non-hydrogen) atoms. The summed E-state index contributed by atoms with van der Waals surface area (Å²) in [6.45, 7) is 0. The molecule has 0 aliphatic carbocycles. The second kappa shape index (κ2) is 3.10. The van der Waals surface area contributed by atoms with Crippen LogP contribution in [0.4, 0.5) is 14.5 Å². The molecule has 1 aromatic heterocycles. The molecule has 66 valence electrons. The molecule has 6 heteroatoms. The van der Waals surface area contributed by atoms with Crippen molar-refractivity contribution in [2.75, 3.05) is 5.73 Å². The van der Waals surface area contributed by atoms with Crippen LogP contribution in [0.3, 0.4) is 0 Å². The number of nitrogen functional groups attached to an aromatic ring is 1. The highest BCUT2D eigenvalue weighted by Crippen LogP contribution is 2.26. The fraction of sp³-hybridized carbons (Fsp3) is 0.167. The van der Waals surface area contributed by atoms with Crippen molar-refractivity contribution in [3.63, 3.8) is 0 Å². The average Bonchev–Trinajstić information content (AvgIpc) is 1.97. The second-order valence-electron chi connectivity index (χ2n) is 2.09. The quantitative estimate of drug-likeness (QED) is 0.713. The zero-order chi connectivity index (χ0) is 9.30. The van der Waals surface area contributed by atoms with Crippen LogP contribution in [0.1, 0.15) is 12.0 Å². The Morgan fingerprint density at radius 1 is 1.58 bits per heavy atom. The van der Waals surface area contributed by atoms with Gasteiger partial charge in [-0.3, -0.25) is 4.79 Å². The van der Waals surface area contributed by atoms with Crippen LogP contribution in [0, 0.1) is 0 Å². The Bertz CT molecular complexity index is 350. The minimum atomic E-state index is -2.91. The number of rotatable bonds is 1. The normalized spacial score (nSPS) is 10.7. The Hall–Kier alpha value is -1.10. The third-order valence-corrected chi connectivity index (χ3v) is 1.65. The fourth-order valence-electron chi connectivity index (χ4n) is 0.752. The van der Waals surface area contributed by atoms with Gasteiger partial charge in [-0.05, 0) is 0 Å². The molecule has 0 saturated heterocycles. The third kappa shape index (κ3) is 1.40. The lowest BCUT2D eigenvalue weighted by atomic mass is 10.2. The first kappa shape index (κ1) is 8.99. The molecule has 3 nitrogen and oxygen atoms in total. The molecule has 0 aromatic carbocycles. The molecule has 0 aliphatic rings. The van der Waals surface area contributed by atoms with Crippen LogP contribution in [0.25, 0.3) is 0 Å². The SMILES string of the molecule is Nc1c(Cl)c[nH]c(=O)c1C(F)F. The minimum Gasteiger partial charge on any atom is -0.397 e. The number of H-pyrrole nitrogens is 1. The first-order valence-corrected chi connectivity index (χ1v) is 3.36. The Morgan fingerprint density at radius 2 is 2.17 bits per heavy atom. The Labute approximate surface area is 71.2 Å². The predicted molar refractivity (Wildman–Crippen MR) is 41.4 cm³/mol. The largest absolute Gasteiger partial charge is 0.397 e. The monoisotopic (exact) mass is 194 g/mol. The standard InChI is InChI=1S/C6H5ClF2N2O/c7-2-1-11-6(12)3(4(2)10)5(8)9/h1,5H,(H3,10,11,12). The molecule has 0 aliphatic heterocycles. The molecule has 0 unspecified atom stereocenters. The number of hydrogen-bond acceptors (Lipinski definition) is 2. The summed E-state index contributed by atoms with van der Waals surface area (Å²) in [6, 6.07) is 0. The molecule has 1 aromatic rings. The van der Waals surface area contributed by atoms with Crippen LogP contribution in [-0.4, -0.2) is 4.98 Å². The maximum atomic E-state index is 12.1. The molecule has 1 rings (SSSR count). The van der Waals surface area contributed by atoms with E-state index in [2.05, 4.69) is 0 Å². The van der Waals surface area contributed by atoms with Gasteiger partial charge in [-0.1, -0.05) is 11.6 Å². The van der Waals surface area contributed by atoms with Gasteiger partial charge in [0.2, 0.25) is 0 Å². The van der Waals surface area contributed by atoms with E-state index < -0.39 is 17.5 Å². The number of anilines is 1. The molecular formula is C6H5ClF2N2O. The second-order valence-corrected chi connectivity index (χ2v) is 2.50. The highest BCUT2D eigenvalue weighted by molar-refractivity contribution is 6.33. The highest BCUT2D eigenvalue weighted by Gasteiger charge is 2.17. The van der Waals surface area contributed by atoms with E-state index in [1.807, 2.05) is 4.98 Å². The van der Waals surface area contributed by atoms with E-state index in [-0.39, 0.29) is 10.7 Å². The van der Waals surface area contributed by atoms with Crippen LogP contribution < -0.4 is 11.3 Å². The first-order valence-electron chi connectivity index (χ1n) is 2.98. The minimum absolute atomic E-state index is 0.0788. The van der Waals surface area contributed by atoms with Gasteiger partial charge in [0.05, 0.1) is 10.7 Å². The maximum Gasteiger partial charge on any atom is 0.271 e. The van der Waals surface area contributed by atoms with Crippen LogP contribution in [-0.2, 0) is 0 Å². The number of hydrogen-bond donors (Lipinski definition) is 2. The van der Waals surface area contributed by atoms with Crippen LogP contribution in [0.5, 0.6) is 0 Å². The highest BCUT2D eigenvalue weighted by atomic mass is 35.5. The fourth-order valence-corrected chi connectivity index (χ4v) is 0.908. The number of pyridine rings is 1. The summed E-state index contributed by atoms with van der Waals surface area (Å²) in [6.07, 6.45) is -1.84. The molecule has 3 N–H and O–H groups in total. The van der Waals surface area contributed by atoms with Gasteiger partial charge in [-0.25, -0.2) is 8.78 Å². The number of aromatic nitrogens is 1. The Balaban J connectivity index is 3.43. The van der Waals surface area contributed by atoms with E-state index in [9.17, 15) is 13.6 Å². The average molecular weight is 195 g/mol. The lowest BCUT2D eigenvalue weighted by Gasteiger charge is -2.03. The zero-order valence-corrected chi connectivity index (χ0v) is 6.53. The van der Waals surface area contributed by atoms with Crippen molar-refractivity contribution < 1.29 is 8.78 Å². The van der Waals surface area contributed by atoms with E-state index in [0.29, 0.717) is 0 Å². The topological polar surface area (TPSA) is 58.9 Å². The maximum absolute atomic E-state index is 12.1. The number of aromatic amines is 1. The molecule has 0 bridgehead atoms. The van der Waals surface area contributed by atoms with Crippen molar-refractivity contribution in [2.45, 2.75) is 6.43 Å². The van der Waals surface area contributed by atoms with Crippen LogP contribution in [0.15, 0.2) is 11.0 Å². The smallest absolute Gasteiger partial charge is 0.271 e. The molecule has 0 saturated carbocycles. The summed E-state index contributed by atoms with van der Waals surface area (Å²) in [5.41, 5.74) is 3.10. The van der Waals surface area contributed by atoms with Gasteiger partial charge in [-0.2, -0.15) is 0 Å². The summed E-state index contributed by atoms with van der Waals surface area (Å²) in [4.78, 5) is 12.8. The summed E-state index contributed by atoms with van der Waals surface area (Å²) < 4.78 is 24.2.